The number of anilines is 1. The summed E-state index contributed by atoms with van der Waals surface area (Å²) in [5.41, 5.74) is 1.52. The third-order valence-corrected chi connectivity index (χ3v) is 7.22. The predicted octanol–water partition coefficient (Wildman–Crippen LogP) is 2.81. The molecule has 1 fully saturated rings. The highest BCUT2D eigenvalue weighted by molar-refractivity contribution is 7.89. The van der Waals surface area contributed by atoms with Crippen LogP contribution in [-0.4, -0.2) is 63.3 Å². The number of hydrogen-bond donors (Lipinski definition) is 0. The highest BCUT2D eigenvalue weighted by atomic mass is 32.2. The van der Waals surface area contributed by atoms with Crippen LogP contribution in [0.15, 0.2) is 59.5 Å². The molecule has 0 spiro atoms. The van der Waals surface area contributed by atoms with Crippen LogP contribution in [0.1, 0.15) is 0 Å². The molecule has 2 heterocycles. The van der Waals surface area contributed by atoms with Gasteiger partial charge in [0, 0.05) is 31.7 Å². The standard InChI is InChI=1S/C22H23FN4O4S/c1-30-20-8-6-16(14-21(20)31-2)19-7-9-22(25-24-19)26-10-12-27(13-11-26)32(28,29)18-5-3-4-17(23)15-18/h3-9,14-15H,10-13H2,1-2H3. The van der Waals surface area contributed by atoms with E-state index in [0.29, 0.717) is 36.1 Å². The van der Waals surface area contributed by atoms with E-state index in [9.17, 15) is 12.8 Å². The Balaban J connectivity index is 1.44. The van der Waals surface area contributed by atoms with Gasteiger partial charge in [-0.1, -0.05) is 6.07 Å². The summed E-state index contributed by atoms with van der Waals surface area (Å²) in [5, 5.41) is 8.64. The number of sulfonamides is 1. The zero-order valence-corrected chi connectivity index (χ0v) is 18.5. The van der Waals surface area contributed by atoms with Gasteiger partial charge in [0.1, 0.15) is 5.82 Å². The Bertz CT molecular complexity index is 1200. The summed E-state index contributed by atoms with van der Waals surface area (Å²) in [6.07, 6.45) is 0. The molecule has 0 unspecified atom stereocenters. The lowest BCUT2D eigenvalue weighted by Crippen LogP contribution is -2.49. The first-order valence-corrected chi connectivity index (χ1v) is 11.4. The van der Waals surface area contributed by atoms with Crippen LogP contribution in [0.5, 0.6) is 11.5 Å². The first kappa shape index (κ1) is 22.0. The largest absolute Gasteiger partial charge is 0.493 e. The minimum absolute atomic E-state index is 0.0370. The summed E-state index contributed by atoms with van der Waals surface area (Å²) in [5.74, 6) is 1.32. The second-order valence-corrected chi connectivity index (χ2v) is 9.13. The van der Waals surface area contributed by atoms with Crippen molar-refractivity contribution in [1.82, 2.24) is 14.5 Å². The molecule has 0 N–H and O–H groups in total. The maximum absolute atomic E-state index is 13.5. The van der Waals surface area contributed by atoms with Crippen LogP contribution in [-0.2, 0) is 10.0 Å². The molecule has 0 bridgehead atoms. The van der Waals surface area contributed by atoms with Crippen molar-refractivity contribution in [3.63, 3.8) is 0 Å². The Morgan fingerprint density at radius 1 is 0.875 bits per heavy atom. The Hall–Kier alpha value is -3.24. The van der Waals surface area contributed by atoms with Crippen molar-refractivity contribution >= 4 is 15.8 Å². The van der Waals surface area contributed by atoms with E-state index >= 15 is 0 Å². The number of methoxy groups -OCH3 is 2. The molecule has 168 valence electrons. The minimum atomic E-state index is -3.74. The van der Waals surface area contributed by atoms with E-state index in [1.807, 2.05) is 35.2 Å². The quantitative estimate of drug-likeness (QED) is 0.562. The molecule has 2 aromatic carbocycles. The summed E-state index contributed by atoms with van der Waals surface area (Å²) in [6.45, 7) is 1.47. The third kappa shape index (κ3) is 4.37. The number of rotatable bonds is 6. The minimum Gasteiger partial charge on any atom is -0.493 e. The molecule has 1 saturated heterocycles. The van der Waals surface area contributed by atoms with E-state index in [2.05, 4.69) is 10.2 Å². The van der Waals surface area contributed by atoms with Crippen LogP contribution in [0.3, 0.4) is 0 Å². The normalized spacial score (nSPS) is 14.9. The van der Waals surface area contributed by atoms with E-state index in [-0.39, 0.29) is 18.0 Å². The van der Waals surface area contributed by atoms with Gasteiger partial charge in [0.25, 0.3) is 0 Å². The number of hydrogen-bond acceptors (Lipinski definition) is 7. The monoisotopic (exact) mass is 458 g/mol. The smallest absolute Gasteiger partial charge is 0.243 e. The lowest BCUT2D eigenvalue weighted by atomic mass is 10.1. The van der Waals surface area contributed by atoms with E-state index in [1.54, 1.807) is 14.2 Å². The molecule has 1 aromatic heterocycles. The van der Waals surface area contributed by atoms with Crippen molar-refractivity contribution in [1.29, 1.82) is 0 Å². The summed E-state index contributed by atoms with van der Waals surface area (Å²) < 4.78 is 51.0. The highest BCUT2D eigenvalue weighted by Crippen LogP contribution is 2.31. The zero-order chi connectivity index (χ0) is 22.7. The van der Waals surface area contributed by atoms with Crippen LogP contribution in [0.2, 0.25) is 0 Å². The Labute approximate surface area is 186 Å². The molecule has 0 amide bonds. The van der Waals surface area contributed by atoms with Crippen LogP contribution < -0.4 is 14.4 Å². The summed E-state index contributed by atoms with van der Waals surface area (Å²) >= 11 is 0. The van der Waals surface area contributed by atoms with Crippen LogP contribution >= 0.6 is 0 Å². The number of ether oxygens (including phenoxy) is 2. The average Bonchev–Trinajstić information content (AvgIpc) is 2.84. The van der Waals surface area contributed by atoms with Gasteiger partial charge in [0.2, 0.25) is 10.0 Å². The number of benzene rings is 2. The van der Waals surface area contributed by atoms with E-state index in [4.69, 9.17) is 9.47 Å². The predicted molar refractivity (Wildman–Crippen MR) is 118 cm³/mol. The van der Waals surface area contributed by atoms with Gasteiger partial charge in [-0.3, -0.25) is 0 Å². The molecule has 0 atom stereocenters. The molecule has 0 saturated carbocycles. The maximum atomic E-state index is 13.5. The van der Waals surface area contributed by atoms with Gasteiger partial charge >= 0.3 is 0 Å². The van der Waals surface area contributed by atoms with Crippen molar-refractivity contribution in [2.24, 2.45) is 0 Å². The summed E-state index contributed by atoms with van der Waals surface area (Å²) in [7, 11) is -0.584. The topological polar surface area (TPSA) is 84.9 Å². The fourth-order valence-electron chi connectivity index (χ4n) is 3.58. The zero-order valence-electron chi connectivity index (χ0n) is 17.7. The summed E-state index contributed by atoms with van der Waals surface area (Å²) in [6, 6.07) is 14.3. The Kier molecular flexibility index (Phi) is 6.24. The average molecular weight is 459 g/mol. The first-order chi connectivity index (χ1) is 15.4. The highest BCUT2D eigenvalue weighted by Gasteiger charge is 2.29. The summed E-state index contributed by atoms with van der Waals surface area (Å²) in [4.78, 5) is 1.94. The Morgan fingerprint density at radius 3 is 2.25 bits per heavy atom. The molecule has 1 aliphatic rings. The van der Waals surface area contributed by atoms with Gasteiger partial charge in [-0.25, -0.2) is 12.8 Å². The molecule has 0 radical (unpaired) electrons. The molecule has 0 aliphatic carbocycles. The molecule has 1 aliphatic heterocycles. The van der Waals surface area contributed by atoms with Gasteiger partial charge in [0.15, 0.2) is 17.3 Å². The SMILES string of the molecule is COc1ccc(-c2ccc(N3CCN(S(=O)(=O)c4cccc(F)c4)CC3)nn2)cc1OC. The second-order valence-electron chi connectivity index (χ2n) is 7.20. The molecule has 32 heavy (non-hydrogen) atoms. The van der Waals surface area contributed by atoms with E-state index < -0.39 is 15.8 Å². The van der Waals surface area contributed by atoms with Crippen molar-refractivity contribution in [2.75, 3.05) is 45.3 Å². The van der Waals surface area contributed by atoms with Gasteiger partial charge in [-0.15, -0.1) is 10.2 Å². The van der Waals surface area contributed by atoms with Crippen molar-refractivity contribution in [3.8, 4) is 22.8 Å². The molecule has 10 heteroatoms. The number of aromatic nitrogens is 2. The Morgan fingerprint density at radius 2 is 1.62 bits per heavy atom. The molecule has 4 rings (SSSR count). The van der Waals surface area contributed by atoms with Crippen molar-refractivity contribution < 1.29 is 22.3 Å². The molecule has 8 nitrogen and oxygen atoms in total. The lowest BCUT2D eigenvalue weighted by molar-refractivity contribution is 0.355. The number of piperazine rings is 1. The maximum Gasteiger partial charge on any atom is 0.243 e. The molecular weight excluding hydrogens is 435 g/mol. The second kappa shape index (κ2) is 9.09. The number of halogens is 1. The van der Waals surface area contributed by atoms with Crippen molar-refractivity contribution in [3.05, 3.63) is 60.4 Å². The van der Waals surface area contributed by atoms with Crippen molar-refractivity contribution in [2.45, 2.75) is 4.90 Å². The van der Waals surface area contributed by atoms with Crippen LogP contribution in [0.4, 0.5) is 10.2 Å². The fourth-order valence-corrected chi connectivity index (χ4v) is 5.03. The van der Waals surface area contributed by atoms with Gasteiger partial charge in [-0.2, -0.15) is 4.31 Å². The van der Waals surface area contributed by atoms with Gasteiger partial charge in [0.05, 0.1) is 24.8 Å². The first-order valence-electron chi connectivity index (χ1n) is 9.99. The lowest BCUT2D eigenvalue weighted by Gasteiger charge is -2.34. The van der Waals surface area contributed by atoms with Crippen LogP contribution in [0.25, 0.3) is 11.3 Å². The molecule has 3 aromatic rings. The van der Waals surface area contributed by atoms with Gasteiger partial charge in [-0.05, 0) is 48.5 Å². The fraction of sp³-hybridized carbons (Fsp3) is 0.273. The number of nitrogens with zero attached hydrogens (tertiary/aromatic N) is 4. The van der Waals surface area contributed by atoms with E-state index in [0.717, 1.165) is 11.6 Å². The third-order valence-electron chi connectivity index (χ3n) is 5.33. The van der Waals surface area contributed by atoms with E-state index in [1.165, 1.54) is 22.5 Å². The van der Waals surface area contributed by atoms with Crippen LogP contribution in [0, 0.1) is 5.82 Å². The molecular formula is C22H23FN4O4S. The van der Waals surface area contributed by atoms with Gasteiger partial charge < -0.3 is 14.4 Å².